The molecule has 2 aromatic rings. The molecule has 0 amide bonds. The number of fused-ring (bicyclic) bond motifs is 1. The molecule has 0 saturated carbocycles. The van der Waals surface area contributed by atoms with Crippen LogP contribution in [0.1, 0.15) is 5.69 Å². The minimum Gasteiger partial charge on any atom is -0.390 e. The van der Waals surface area contributed by atoms with Crippen molar-refractivity contribution < 1.29 is 5.11 Å². The average molecular weight is 286 g/mol. The highest BCUT2D eigenvalue weighted by molar-refractivity contribution is 9.09. The third-order valence-corrected chi connectivity index (χ3v) is 3.06. The van der Waals surface area contributed by atoms with E-state index in [2.05, 4.69) is 21.0 Å². The van der Waals surface area contributed by atoms with E-state index in [0.717, 1.165) is 5.69 Å². The molecule has 0 spiro atoms. The van der Waals surface area contributed by atoms with Crippen LogP contribution in [0.3, 0.4) is 0 Å². The number of nitrogens with zero attached hydrogens (tertiary/aromatic N) is 3. The van der Waals surface area contributed by atoms with Crippen LogP contribution < -0.4 is 5.56 Å². The van der Waals surface area contributed by atoms with E-state index >= 15 is 0 Å². The largest absolute Gasteiger partial charge is 0.390 e. The fourth-order valence-electron chi connectivity index (χ4n) is 1.57. The fourth-order valence-corrected chi connectivity index (χ4v) is 1.77. The van der Waals surface area contributed by atoms with Crippen LogP contribution in [0.5, 0.6) is 0 Å². The van der Waals surface area contributed by atoms with E-state index in [1.807, 2.05) is 6.92 Å². The first-order chi connectivity index (χ1) is 7.61. The minimum atomic E-state index is -0.566. The molecule has 2 aromatic heterocycles. The summed E-state index contributed by atoms with van der Waals surface area (Å²) in [5, 5.41) is 14.1. The van der Waals surface area contributed by atoms with Gasteiger partial charge < -0.3 is 9.67 Å². The monoisotopic (exact) mass is 285 g/mol. The Morgan fingerprint density at radius 1 is 1.56 bits per heavy atom. The first-order valence-electron chi connectivity index (χ1n) is 4.91. The molecule has 86 valence electrons. The van der Waals surface area contributed by atoms with Crippen molar-refractivity contribution in [3.8, 4) is 0 Å². The number of hydrogen-bond donors (Lipinski definition) is 1. The smallest absolute Gasteiger partial charge is 0.276 e. The van der Waals surface area contributed by atoms with Gasteiger partial charge in [0, 0.05) is 17.7 Å². The van der Waals surface area contributed by atoms with Crippen molar-refractivity contribution in [1.29, 1.82) is 0 Å². The average Bonchev–Trinajstić information content (AvgIpc) is 2.64. The molecule has 2 heterocycles. The number of rotatable bonds is 3. The van der Waals surface area contributed by atoms with E-state index in [1.54, 1.807) is 23.0 Å². The molecule has 0 fully saturated rings. The lowest BCUT2D eigenvalue weighted by atomic mass is 10.4. The Balaban J connectivity index is 2.48. The first kappa shape index (κ1) is 11.3. The van der Waals surface area contributed by atoms with Gasteiger partial charge in [0.2, 0.25) is 0 Å². The molecular weight excluding hydrogens is 274 g/mol. The van der Waals surface area contributed by atoms with Gasteiger partial charge in [-0.05, 0) is 13.0 Å². The Morgan fingerprint density at radius 2 is 2.31 bits per heavy atom. The second-order valence-electron chi connectivity index (χ2n) is 3.68. The van der Waals surface area contributed by atoms with Crippen molar-refractivity contribution in [2.75, 3.05) is 5.33 Å². The van der Waals surface area contributed by atoms with E-state index in [4.69, 9.17) is 0 Å². The zero-order chi connectivity index (χ0) is 11.7. The summed E-state index contributed by atoms with van der Waals surface area (Å²) >= 11 is 3.17. The Hall–Kier alpha value is -1.14. The predicted octanol–water partition coefficient (Wildman–Crippen LogP) is 0.560. The van der Waals surface area contributed by atoms with Crippen molar-refractivity contribution in [1.82, 2.24) is 14.2 Å². The maximum absolute atomic E-state index is 12.0. The summed E-state index contributed by atoms with van der Waals surface area (Å²) in [6, 6.07) is 1.74. The van der Waals surface area contributed by atoms with Crippen LogP contribution in [0.15, 0.2) is 23.3 Å². The number of aryl methyl sites for hydroxylation is 1. The van der Waals surface area contributed by atoms with Crippen LogP contribution in [-0.2, 0) is 6.54 Å². The van der Waals surface area contributed by atoms with Crippen molar-refractivity contribution in [2.45, 2.75) is 19.6 Å². The highest BCUT2D eigenvalue weighted by Crippen LogP contribution is 2.01. The van der Waals surface area contributed by atoms with Crippen molar-refractivity contribution in [2.24, 2.45) is 0 Å². The lowest BCUT2D eigenvalue weighted by Crippen LogP contribution is -2.27. The second-order valence-corrected chi connectivity index (χ2v) is 4.33. The van der Waals surface area contributed by atoms with E-state index in [1.165, 1.54) is 4.57 Å². The van der Waals surface area contributed by atoms with E-state index in [-0.39, 0.29) is 12.1 Å². The fraction of sp³-hybridized carbons (Fsp3) is 0.400. The van der Waals surface area contributed by atoms with E-state index < -0.39 is 6.10 Å². The normalized spacial score (nSPS) is 13.2. The van der Waals surface area contributed by atoms with Gasteiger partial charge in [0.05, 0.1) is 18.3 Å². The summed E-state index contributed by atoms with van der Waals surface area (Å²) in [6.07, 6.45) is 2.78. The van der Waals surface area contributed by atoms with Gasteiger partial charge in [-0.25, -0.2) is 4.52 Å². The Morgan fingerprint density at radius 3 is 3.00 bits per heavy atom. The number of aliphatic hydroxyl groups excluding tert-OH is 1. The zero-order valence-corrected chi connectivity index (χ0v) is 10.4. The van der Waals surface area contributed by atoms with Crippen LogP contribution in [0.25, 0.3) is 5.52 Å². The van der Waals surface area contributed by atoms with Crippen LogP contribution in [0, 0.1) is 6.92 Å². The zero-order valence-electron chi connectivity index (χ0n) is 8.80. The molecule has 2 rings (SSSR count). The molecule has 16 heavy (non-hydrogen) atoms. The van der Waals surface area contributed by atoms with Crippen LogP contribution >= 0.6 is 15.9 Å². The van der Waals surface area contributed by atoms with Gasteiger partial charge in [-0.2, -0.15) is 5.10 Å². The van der Waals surface area contributed by atoms with Gasteiger partial charge in [0.25, 0.3) is 5.56 Å². The van der Waals surface area contributed by atoms with Gasteiger partial charge in [0.15, 0.2) is 0 Å². The Kier molecular flexibility index (Phi) is 3.11. The van der Waals surface area contributed by atoms with Gasteiger partial charge in [-0.3, -0.25) is 4.79 Å². The van der Waals surface area contributed by atoms with E-state index in [0.29, 0.717) is 10.8 Å². The maximum atomic E-state index is 12.0. The minimum absolute atomic E-state index is 0.136. The van der Waals surface area contributed by atoms with Gasteiger partial charge >= 0.3 is 0 Å². The Labute approximate surface area is 100 Å². The third-order valence-electron chi connectivity index (χ3n) is 2.31. The molecule has 1 N–H and O–H groups in total. The molecule has 5 nitrogen and oxygen atoms in total. The van der Waals surface area contributed by atoms with Gasteiger partial charge in [0.1, 0.15) is 5.52 Å². The molecule has 0 aliphatic heterocycles. The standard InChI is InChI=1S/C10H12BrN3O2/c1-7-4-9-10(16)13(6-8(15)5-11)2-3-14(9)12-7/h2-4,8,15H,5-6H2,1H3. The molecular formula is C10H12BrN3O2. The quantitative estimate of drug-likeness (QED) is 0.839. The maximum Gasteiger partial charge on any atom is 0.276 e. The van der Waals surface area contributed by atoms with E-state index in [9.17, 15) is 9.90 Å². The number of hydrogen-bond acceptors (Lipinski definition) is 3. The van der Waals surface area contributed by atoms with Gasteiger partial charge in [-0.15, -0.1) is 0 Å². The summed E-state index contributed by atoms with van der Waals surface area (Å²) < 4.78 is 3.04. The number of aliphatic hydroxyl groups is 1. The second kappa shape index (κ2) is 4.39. The van der Waals surface area contributed by atoms with Crippen LogP contribution in [-0.4, -0.2) is 30.7 Å². The molecule has 0 aliphatic rings. The summed E-state index contributed by atoms with van der Waals surface area (Å²) in [7, 11) is 0. The first-order valence-corrected chi connectivity index (χ1v) is 6.03. The summed E-state index contributed by atoms with van der Waals surface area (Å²) in [5.74, 6) is 0. The molecule has 6 heteroatoms. The molecule has 0 aliphatic carbocycles. The lowest BCUT2D eigenvalue weighted by molar-refractivity contribution is 0.178. The van der Waals surface area contributed by atoms with Crippen molar-refractivity contribution in [3.05, 3.63) is 34.5 Å². The molecule has 0 bridgehead atoms. The number of alkyl halides is 1. The number of halogens is 1. The van der Waals surface area contributed by atoms with Crippen molar-refractivity contribution in [3.63, 3.8) is 0 Å². The lowest BCUT2D eigenvalue weighted by Gasteiger charge is -2.09. The van der Waals surface area contributed by atoms with Crippen LogP contribution in [0.4, 0.5) is 0 Å². The van der Waals surface area contributed by atoms with Crippen molar-refractivity contribution >= 4 is 21.4 Å². The molecule has 0 aromatic carbocycles. The highest BCUT2D eigenvalue weighted by Gasteiger charge is 2.08. The highest BCUT2D eigenvalue weighted by atomic mass is 79.9. The summed E-state index contributed by atoms with van der Waals surface area (Å²) in [4.78, 5) is 12.0. The third kappa shape index (κ3) is 2.03. The van der Waals surface area contributed by atoms with Crippen LogP contribution in [0.2, 0.25) is 0 Å². The van der Waals surface area contributed by atoms with Gasteiger partial charge in [-0.1, -0.05) is 15.9 Å². The SMILES string of the molecule is Cc1cc2c(=O)n(CC(O)CBr)ccn2n1. The molecule has 0 radical (unpaired) electrons. The predicted molar refractivity (Wildman–Crippen MR) is 64.0 cm³/mol. The molecule has 1 unspecified atom stereocenters. The topological polar surface area (TPSA) is 59.5 Å². The number of aromatic nitrogens is 3. The summed E-state index contributed by atoms with van der Waals surface area (Å²) in [6.45, 7) is 2.12. The summed E-state index contributed by atoms with van der Waals surface area (Å²) in [5.41, 5.74) is 1.20. The Bertz CT molecular complexity index is 561. The molecule has 1 atom stereocenters. The molecule has 0 saturated heterocycles.